The van der Waals surface area contributed by atoms with Gasteiger partial charge >= 0.3 is 0 Å². The molecule has 0 aliphatic carbocycles. The van der Waals surface area contributed by atoms with E-state index < -0.39 is 0 Å². The standard InChI is InChI=1S/C15H25NO/c1-12(2)6-5-11-17-15-9-7-14(8-10-15)13(3)16-4/h7-10,12-13,16H,5-6,11H2,1-4H3. The predicted molar refractivity (Wildman–Crippen MR) is 73.5 cm³/mol. The molecule has 0 bridgehead atoms. The molecule has 0 aliphatic rings. The van der Waals surface area contributed by atoms with E-state index in [1.54, 1.807) is 0 Å². The van der Waals surface area contributed by atoms with E-state index in [0.29, 0.717) is 6.04 Å². The molecule has 0 aromatic heterocycles. The van der Waals surface area contributed by atoms with Gasteiger partial charge in [0, 0.05) is 6.04 Å². The van der Waals surface area contributed by atoms with Gasteiger partial charge in [0.15, 0.2) is 0 Å². The summed E-state index contributed by atoms with van der Waals surface area (Å²) in [5.74, 6) is 1.73. The van der Waals surface area contributed by atoms with Crippen LogP contribution < -0.4 is 10.1 Å². The van der Waals surface area contributed by atoms with Gasteiger partial charge in [0.1, 0.15) is 5.75 Å². The zero-order valence-corrected chi connectivity index (χ0v) is 11.5. The molecule has 0 amide bonds. The van der Waals surface area contributed by atoms with E-state index in [1.165, 1.54) is 12.0 Å². The molecule has 1 atom stereocenters. The third-order valence-electron chi connectivity index (χ3n) is 3.01. The summed E-state index contributed by atoms with van der Waals surface area (Å²) < 4.78 is 5.70. The molecule has 0 saturated carbocycles. The Bertz CT molecular complexity index is 305. The lowest BCUT2D eigenvalue weighted by molar-refractivity contribution is 0.297. The molecule has 17 heavy (non-hydrogen) atoms. The van der Waals surface area contributed by atoms with E-state index in [0.717, 1.165) is 24.7 Å². The first-order valence-electron chi connectivity index (χ1n) is 6.53. The van der Waals surface area contributed by atoms with E-state index in [-0.39, 0.29) is 0 Å². The normalized spacial score (nSPS) is 12.8. The Morgan fingerprint density at radius 1 is 1.12 bits per heavy atom. The number of hydrogen-bond acceptors (Lipinski definition) is 2. The largest absolute Gasteiger partial charge is 0.494 e. The van der Waals surface area contributed by atoms with Crippen molar-refractivity contribution in [1.82, 2.24) is 5.32 Å². The molecule has 2 heteroatoms. The fraction of sp³-hybridized carbons (Fsp3) is 0.600. The maximum Gasteiger partial charge on any atom is 0.119 e. The van der Waals surface area contributed by atoms with Crippen LogP contribution in [0, 0.1) is 5.92 Å². The van der Waals surface area contributed by atoms with Crippen molar-refractivity contribution in [3.8, 4) is 5.75 Å². The first-order chi connectivity index (χ1) is 8.13. The minimum absolute atomic E-state index is 0.394. The van der Waals surface area contributed by atoms with Crippen LogP contribution in [0.25, 0.3) is 0 Å². The third-order valence-corrected chi connectivity index (χ3v) is 3.01. The molecule has 0 spiro atoms. The Morgan fingerprint density at radius 2 is 1.76 bits per heavy atom. The van der Waals surface area contributed by atoms with E-state index in [1.807, 2.05) is 7.05 Å². The van der Waals surface area contributed by atoms with Gasteiger partial charge < -0.3 is 10.1 Å². The lowest BCUT2D eigenvalue weighted by Gasteiger charge is -2.12. The molecule has 1 aromatic rings. The van der Waals surface area contributed by atoms with Crippen LogP contribution in [-0.4, -0.2) is 13.7 Å². The summed E-state index contributed by atoms with van der Waals surface area (Å²) in [7, 11) is 1.97. The number of benzene rings is 1. The molecule has 1 aromatic carbocycles. The summed E-state index contributed by atoms with van der Waals surface area (Å²) in [4.78, 5) is 0. The first-order valence-corrected chi connectivity index (χ1v) is 6.53. The van der Waals surface area contributed by atoms with E-state index in [9.17, 15) is 0 Å². The van der Waals surface area contributed by atoms with Crippen molar-refractivity contribution in [3.05, 3.63) is 29.8 Å². The van der Waals surface area contributed by atoms with Crippen molar-refractivity contribution >= 4 is 0 Å². The van der Waals surface area contributed by atoms with Crippen LogP contribution >= 0.6 is 0 Å². The molecule has 0 aliphatic heterocycles. The highest BCUT2D eigenvalue weighted by molar-refractivity contribution is 5.28. The molecule has 96 valence electrons. The summed E-state index contributed by atoms with van der Waals surface area (Å²) in [5.41, 5.74) is 1.29. The number of nitrogens with one attached hydrogen (secondary N) is 1. The highest BCUT2D eigenvalue weighted by atomic mass is 16.5. The zero-order chi connectivity index (χ0) is 12.7. The smallest absolute Gasteiger partial charge is 0.119 e. The minimum atomic E-state index is 0.394. The molecule has 0 radical (unpaired) electrons. The van der Waals surface area contributed by atoms with Crippen LogP contribution in [0.2, 0.25) is 0 Å². The molecule has 1 N–H and O–H groups in total. The maximum atomic E-state index is 5.70. The number of hydrogen-bond donors (Lipinski definition) is 1. The summed E-state index contributed by atoms with van der Waals surface area (Å²) >= 11 is 0. The molecule has 0 heterocycles. The SMILES string of the molecule is CNC(C)c1ccc(OCCCC(C)C)cc1. The number of ether oxygens (including phenoxy) is 1. The summed E-state index contributed by atoms with van der Waals surface area (Å²) in [5, 5.41) is 3.22. The minimum Gasteiger partial charge on any atom is -0.494 e. The Labute approximate surface area is 105 Å². The van der Waals surface area contributed by atoms with Crippen molar-refractivity contribution < 1.29 is 4.74 Å². The monoisotopic (exact) mass is 235 g/mol. The lowest BCUT2D eigenvalue weighted by atomic mass is 10.1. The van der Waals surface area contributed by atoms with Crippen molar-refractivity contribution in [2.24, 2.45) is 5.92 Å². The van der Waals surface area contributed by atoms with Crippen LogP contribution in [0.5, 0.6) is 5.75 Å². The van der Waals surface area contributed by atoms with Gasteiger partial charge in [0.25, 0.3) is 0 Å². The molecule has 1 unspecified atom stereocenters. The molecular weight excluding hydrogens is 210 g/mol. The summed E-state index contributed by atoms with van der Waals surface area (Å²) in [6.45, 7) is 7.46. The first kappa shape index (κ1) is 14.0. The van der Waals surface area contributed by atoms with Gasteiger partial charge in [-0.25, -0.2) is 0 Å². The van der Waals surface area contributed by atoms with Gasteiger partial charge in [-0.1, -0.05) is 26.0 Å². The van der Waals surface area contributed by atoms with Crippen molar-refractivity contribution in [2.45, 2.75) is 39.7 Å². The molecule has 0 fully saturated rings. The summed E-state index contributed by atoms with van der Waals surface area (Å²) in [6, 6.07) is 8.75. The van der Waals surface area contributed by atoms with E-state index in [4.69, 9.17) is 4.74 Å². The number of rotatable bonds is 7. The third kappa shape index (κ3) is 5.22. The quantitative estimate of drug-likeness (QED) is 0.726. The Kier molecular flexibility index (Phi) is 6.06. The molecular formula is C15H25NO. The Morgan fingerprint density at radius 3 is 2.29 bits per heavy atom. The fourth-order valence-corrected chi connectivity index (χ4v) is 1.70. The van der Waals surface area contributed by atoms with Crippen molar-refractivity contribution in [3.63, 3.8) is 0 Å². The second kappa shape index (κ2) is 7.33. The molecule has 0 saturated heterocycles. The lowest BCUT2D eigenvalue weighted by Crippen LogP contribution is -2.11. The second-order valence-electron chi connectivity index (χ2n) is 4.96. The molecule has 1 rings (SSSR count). The fourth-order valence-electron chi connectivity index (χ4n) is 1.70. The zero-order valence-electron chi connectivity index (χ0n) is 11.5. The van der Waals surface area contributed by atoms with Gasteiger partial charge in [-0.3, -0.25) is 0 Å². The van der Waals surface area contributed by atoms with Crippen LogP contribution in [0.1, 0.15) is 45.2 Å². The topological polar surface area (TPSA) is 21.3 Å². The van der Waals surface area contributed by atoms with Gasteiger partial charge in [0.05, 0.1) is 6.61 Å². The van der Waals surface area contributed by atoms with Gasteiger partial charge in [-0.15, -0.1) is 0 Å². The van der Waals surface area contributed by atoms with Crippen LogP contribution in [-0.2, 0) is 0 Å². The van der Waals surface area contributed by atoms with Crippen molar-refractivity contribution in [1.29, 1.82) is 0 Å². The molecule has 2 nitrogen and oxygen atoms in total. The van der Waals surface area contributed by atoms with Gasteiger partial charge in [-0.2, -0.15) is 0 Å². The summed E-state index contributed by atoms with van der Waals surface area (Å²) in [6.07, 6.45) is 2.36. The maximum absolute atomic E-state index is 5.70. The van der Waals surface area contributed by atoms with Crippen LogP contribution in [0.3, 0.4) is 0 Å². The second-order valence-corrected chi connectivity index (χ2v) is 4.96. The Balaban J connectivity index is 2.35. The van der Waals surface area contributed by atoms with Gasteiger partial charge in [0.2, 0.25) is 0 Å². The predicted octanol–water partition coefficient (Wildman–Crippen LogP) is 3.78. The van der Waals surface area contributed by atoms with Crippen molar-refractivity contribution in [2.75, 3.05) is 13.7 Å². The van der Waals surface area contributed by atoms with Crippen LogP contribution in [0.15, 0.2) is 24.3 Å². The van der Waals surface area contributed by atoms with Crippen LogP contribution in [0.4, 0.5) is 0 Å². The highest BCUT2D eigenvalue weighted by Gasteiger charge is 2.02. The highest BCUT2D eigenvalue weighted by Crippen LogP contribution is 2.17. The van der Waals surface area contributed by atoms with E-state index in [2.05, 4.69) is 50.4 Å². The Hall–Kier alpha value is -1.02. The average molecular weight is 235 g/mol. The van der Waals surface area contributed by atoms with E-state index >= 15 is 0 Å². The average Bonchev–Trinajstić information content (AvgIpc) is 2.34. The van der Waals surface area contributed by atoms with Gasteiger partial charge in [-0.05, 0) is 50.4 Å².